The van der Waals surface area contributed by atoms with Crippen molar-refractivity contribution >= 4 is 34.8 Å². The van der Waals surface area contributed by atoms with Gasteiger partial charge in [-0.3, -0.25) is 0 Å². The van der Waals surface area contributed by atoms with Crippen LogP contribution in [0.1, 0.15) is 6.92 Å². The molecule has 0 aromatic heterocycles. The van der Waals surface area contributed by atoms with Crippen molar-refractivity contribution in [3.8, 4) is 0 Å². The molecule has 0 aliphatic rings. The molecule has 0 unspecified atom stereocenters. The van der Waals surface area contributed by atoms with Crippen LogP contribution in [0, 0.1) is 0 Å². The van der Waals surface area contributed by atoms with E-state index >= 15 is 0 Å². The minimum absolute atomic E-state index is 0.905. The maximum atomic E-state index is 8.49. The smallest absolute Gasteiger partial charge is 0.215 e. The Hall–Kier alpha value is 0.830. The predicted molar refractivity (Wildman–Crippen MR) is 32.0 cm³/mol. The third-order valence-electron chi connectivity index (χ3n) is 0.474. The largest absolute Gasteiger partial charge is 0.389 e. The summed E-state index contributed by atoms with van der Waals surface area (Å²) in [4.78, 5) is 0. The van der Waals surface area contributed by atoms with Gasteiger partial charge in [-0.2, -0.15) is 0 Å². The molecule has 0 saturated carbocycles. The number of hydrogen-bond donors (Lipinski definition) is 1. The lowest BCUT2D eigenvalue weighted by atomic mass is 10.5. The van der Waals surface area contributed by atoms with Crippen LogP contribution in [0.15, 0.2) is 0 Å². The molecule has 0 saturated heterocycles. The van der Waals surface area contributed by atoms with Crippen molar-refractivity contribution in [3.63, 3.8) is 0 Å². The Morgan fingerprint density at radius 3 is 1.57 bits per heavy atom. The highest BCUT2D eigenvalue weighted by Gasteiger charge is 2.25. The van der Waals surface area contributed by atoms with Gasteiger partial charge in [-0.05, 0) is 6.92 Å². The molecule has 1 nitrogen and oxygen atoms in total. The van der Waals surface area contributed by atoms with E-state index in [1.165, 1.54) is 6.92 Å². The molecule has 0 fully saturated rings. The lowest BCUT2D eigenvalue weighted by Gasteiger charge is -2.12. The van der Waals surface area contributed by atoms with Gasteiger partial charge in [0.2, 0.25) is 3.79 Å². The van der Waals surface area contributed by atoms with E-state index < -0.39 is 9.90 Å². The lowest BCUT2D eigenvalue weighted by molar-refractivity contribution is 0.199. The molecule has 0 radical (unpaired) electrons. The molecule has 44 valence electrons. The first kappa shape index (κ1) is 7.83. The van der Waals surface area contributed by atoms with Gasteiger partial charge in [0, 0.05) is 0 Å². The summed E-state index contributed by atoms with van der Waals surface area (Å²) in [5, 5.41) is 8.49. The molecular formula is C3H5Cl3O. The molecule has 0 aliphatic heterocycles. The fourth-order valence-electron chi connectivity index (χ4n) is 0. The average Bonchev–Trinajstić information content (AvgIpc) is 1.31. The summed E-state index contributed by atoms with van der Waals surface area (Å²) in [6, 6.07) is 0. The molecule has 0 bridgehead atoms. The van der Waals surface area contributed by atoms with Gasteiger partial charge in [0.05, 0.1) is 6.10 Å². The summed E-state index contributed by atoms with van der Waals surface area (Å²) >= 11 is 15.4. The van der Waals surface area contributed by atoms with Gasteiger partial charge in [-0.25, -0.2) is 0 Å². The first-order valence-electron chi connectivity index (χ1n) is 1.69. The summed E-state index contributed by atoms with van der Waals surface area (Å²) in [6.45, 7) is 1.41. The van der Waals surface area contributed by atoms with Crippen LogP contribution in [-0.2, 0) is 0 Å². The van der Waals surface area contributed by atoms with Gasteiger partial charge in [0.1, 0.15) is 0 Å². The van der Waals surface area contributed by atoms with E-state index in [-0.39, 0.29) is 0 Å². The second kappa shape index (κ2) is 2.40. The van der Waals surface area contributed by atoms with Crippen molar-refractivity contribution in [2.75, 3.05) is 0 Å². The van der Waals surface area contributed by atoms with E-state index in [0.717, 1.165) is 0 Å². The normalized spacial score (nSPS) is 16.7. The van der Waals surface area contributed by atoms with Crippen LogP contribution >= 0.6 is 34.8 Å². The Morgan fingerprint density at radius 1 is 1.43 bits per heavy atom. The highest BCUT2D eigenvalue weighted by Crippen LogP contribution is 2.29. The zero-order valence-corrected chi connectivity index (χ0v) is 5.93. The van der Waals surface area contributed by atoms with E-state index in [9.17, 15) is 0 Å². The number of halogens is 3. The van der Waals surface area contributed by atoms with Crippen LogP contribution in [0.5, 0.6) is 0 Å². The fourth-order valence-corrected chi connectivity index (χ4v) is 0. The van der Waals surface area contributed by atoms with Crippen LogP contribution in [-0.4, -0.2) is 15.0 Å². The van der Waals surface area contributed by atoms with E-state index in [0.29, 0.717) is 0 Å². The van der Waals surface area contributed by atoms with Crippen molar-refractivity contribution in [2.24, 2.45) is 0 Å². The topological polar surface area (TPSA) is 20.2 Å². The highest BCUT2D eigenvalue weighted by atomic mass is 35.6. The molecule has 0 spiro atoms. The highest BCUT2D eigenvalue weighted by molar-refractivity contribution is 6.68. The molecule has 1 N–H and O–H groups in total. The number of rotatable bonds is 0. The van der Waals surface area contributed by atoms with Gasteiger partial charge in [-0.15, -0.1) is 0 Å². The number of aliphatic hydroxyl groups excluding tert-OH is 1. The Kier molecular flexibility index (Phi) is 2.69. The molecule has 0 heterocycles. The number of aliphatic hydroxyl groups is 1. The molecule has 7 heavy (non-hydrogen) atoms. The van der Waals surface area contributed by atoms with Gasteiger partial charge in [-0.1, -0.05) is 34.8 Å². The van der Waals surface area contributed by atoms with Gasteiger partial charge in [0.15, 0.2) is 0 Å². The van der Waals surface area contributed by atoms with Crippen LogP contribution in [0.25, 0.3) is 0 Å². The number of alkyl halides is 3. The Balaban J connectivity index is 3.54. The zero-order valence-electron chi connectivity index (χ0n) is 3.66. The van der Waals surface area contributed by atoms with Crippen LogP contribution in [0.2, 0.25) is 0 Å². The molecule has 0 aromatic rings. The molecule has 0 amide bonds. The SMILES string of the molecule is C[C@@H](O)C(Cl)(Cl)Cl. The van der Waals surface area contributed by atoms with Crippen molar-refractivity contribution in [1.82, 2.24) is 0 Å². The maximum absolute atomic E-state index is 8.49. The molecule has 0 aliphatic carbocycles. The minimum atomic E-state index is -1.53. The Bertz CT molecular complexity index is 55.7. The molecular weight excluding hydrogens is 158 g/mol. The van der Waals surface area contributed by atoms with E-state index in [4.69, 9.17) is 39.9 Å². The van der Waals surface area contributed by atoms with Crippen molar-refractivity contribution in [1.29, 1.82) is 0 Å². The van der Waals surface area contributed by atoms with Crippen molar-refractivity contribution < 1.29 is 5.11 Å². The van der Waals surface area contributed by atoms with E-state index in [1.807, 2.05) is 0 Å². The molecule has 4 heteroatoms. The van der Waals surface area contributed by atoms with Crippen molar-refractivity contribution in [3.05, 3.63) is 0 Å². The lowest BCUT2D eigenvalue weighted by Crippen LogP contribution is -2.20. The second-order valence-electron chi connectivity index (χ2n) is 1.22. The second-order valence-corrected chi connectivity index (χ2v) is 3.59. The zero-order chi connectivity index (χ0) is 6.08. The van der Waals surface area contributed by atoms with Gasteiger partial charge in [0.25, 0.3) is 0 Å². The summed E-state index contributed by atoms with van der Waals surface area (Å²) in [5.41, 5.74) is 0. The minimum Gasteiger partial charge on any atom is -0.389 e. The molecule has 1 atom stereocenters. The monoisotopic (exact) mass is 162 g/mol. The molecule has 0 rings (SSSR count). The Labute approximate surface area is 57.2 Å². The van der Waals surface area contributed by atoms with Crippen LogP contribution in [0.3, 0.4) is 0 Å². The van der Waals surface area contributed by atoms with Gasteiger partial charge < -0.3 is 5.11 Å². The predicted octanol–water partition coefficient (Wildman–Crippen LogP) is 1.74. The quantitative estimate of drug-likeness (QED) is 0.539. The van der Waals surface area contributed by atoms with E-state index in [2.05, 4.69) is 0 Å². The first-order chi connectivity index (χ1) is 2.94. The summed E-state index contributed by atoms with van der Waals surface area (Å²) in [5.74, 6) is 0. The third-order valence-corrected chi connectivity index (χ3v) is 1.42. The summed E-state index contributed by atoms with van der Waals surface area (Å²) in [6.07, 6.45) is -0.905. The summed E-state index contributed by atoms with van der Waals surface area (Å²) in [7, 11) is 0. The third kappa shape index (κ3) is 3.42. The number of hydrogen-bond acceptors (Lipinski definition) is 1. The van der Waals surface area contributed by atoms with Crippen LogP contribution < -0.4 is 0 Å². The Morgan fingerprint density at radius 2 is 1.57 bits per heavy atom. The maximum Gasteiger partial charge on any atom is 0.215 e. The first-order valence-corrected chi connectivity index (χ1v) is 2.83. The summed E-state index contributed by atoms with van der Waals surface area (Å²) < 4.78 is -1.53. The fraction of sp³-hybridized carbons (Fsp3) is 1.00. The van der Waals surface area contributed by atoms with E-state index in [1.54, 1.807) is 0 Å². The average molecular weight is 163 g/mol. The standard InChI is InChI=1S/C3H5Cl3O/c1-2(7)3(4,5)6/h2,7H,1H3/t2-/m1/s1. The molecule has 0 aromatic carbocycles. The van der Waals surface area contributed by atoms with Crippen LogP contribution in [0.4, 0.5) is 0 Å². The van der Waals surface area contributed by atoms with Gasteiger partial charge >= 0.3 is 0 Å². The van der Waals surface area contributed by atoms with Crippen molar-refractivity contribution in [2.45, 2.75) is 16.8 Å².